The summed E-state index contributed by atoms with van der Waals surface area (Å²) < 4.78 is 5.24. The first-order valence-electron chi connectivity index (χ1n) is 3.95. The van der Waals surface area contributed by atoms with Crippen molar-refractivity contribution in [1.82, 2.24) is 5.43 Å². The van der Waals surface area contributed by atoms with Crippen LogP contribution in [0.15, 0.2) is 16.5 Å². The predicted molar refractivity (Wildman–Crippen MR) is 47.3 cm³/mol. The third kappa shape index (κ3) is 2.57. The highest BCUT2D eigenvalue weighted by Gasteiger charge is 2.13. The van der Waals surface area contributed by atoms with Gasteiger partial charge in [-0.3, -0.25) is 10.2 Å². The highest BCUT2D eigenvalue weighted by Crippen LogP contribution is 2.16. The zero-order valence-electron chi connectivity index (χ0n) is 7.41. The Bertz CT molecular complexity index is 295. The second-order valence-electron chi connectivity index (χ2n) is 2.83. The topological polar surface area (TPSA) is 94.3 Å². The third-order valence-corrected chi connectivity index (χ3v) is 1.69. The Balaban J connectivity index is 2.58. The monoisotopic (exact) mass is 183 g/mol. The highest BCUT2D eigenvalue weighted by molar-refractivity contribution is 5.75. The van der Waals surface area contributed by atoms with Crippen LogP contribution in [0.25, 0.3) is 0 Å². The fraction of sp³-hybridized carbons (Fsp3) is 0.375. The van der Waals surface area contributed by atoms with Crippen molar-refractivity contribution in [3.8, 4) is 0 Å². The molecule has 5 nitrogen and oxygen atoms in total. The number of carbonyl (C=O) groups is 1. The molecule has 5 heteroatoms. The van der Waals surface area contributed by atoms with Crippen LogP contribution in [0, 0.1) is 6.92 Å². The van der Waals surface area contributed by atoms with Gasteiger partial charge in [0, 0.05) is 0 Å². The lowest BCUT2D eigenvalue weighted by Crippen LogP contribution is -2.32. The SMILES string of the molecule is Cc1ccc(C(N)CC(=O)NN)o1. The van der Waals surface area contributed by atoms with Gasteiger partial charge in [-0.2, -0.15) is 0 Å². The maximum atomic E-state index is 10.8. The van der Waals surface area contributed by atoms with Crippen LogP contribution in [0.2, 0.25) is 0 Å². The Morgan fingerprint density at radius 2 is 2.38 bits per heavy atom. The van der Waals surface area contributed by atoms with Crippen molar-refractivity contribution in [2.75, 3.05) is 0 Å². The van der Waals surface area contributed by atoms with E-state index in [1.807, 2.05) is 12.3 Å². The van der Waals surface area contributed by atoms with Crippen molar-refractivity contribution in [2.24, 2.45) is 11.6 Å². The molecule has 0 aliphatic carbocycles. The van der Waals surface area contributed by atoms with Gasteiger partial charge in [0.25, 0.3) is 0 Å². The standard InChI is InChI=1S/C8H13N3O2/c1-5-2-3-7(13-5)6(9)4-8(12)11-10/h2-3,6H,4,9-10H2,1H3,(H,11,12). The van der Waals surface area contributed by atoms with Crippen LogP contribution in [0.1, 0.15) is 24.0 Å². The maximum absolute atomic E-state index is 10.8. The molecule has 0 saturated heterocycles. The molecule has 13 heavy (non-hydrogen) atoms. The number of hydrogen-bond donors (Lipinski definition) is 3. The van der Waals surface area contributed by atoms with Crippen LogP contribution in [0.5, 0.6) is 0 Å². The summed E-state index contributed by atoms with van der Waals surface area (Å²) in [5.74, 6) is 5.99. The zero-order chi connectivity index (χ0) is 9.84. The first-order valence-corrected chi connectivity index (χ1v) is 3.95. The molecule has 5 N–H and O–H groups in total. The van der Waals surface area contributed by atoms with E-state index in [0.717, 1.165) is 5.76 Å². The number of nitrogens with two attached hydrogens (primary N) is 2. The number of carbonyl (C=O) groups excluding carboxylic acids is 1. The number of aryl methyl sites for hydroxylation is 1. The summed E-state index contributed by atoms with van der Waals surface area (Å²) in [7, 11) is 0. The number of hydrazine groups is 1. The van der Waals surface area contributed by atoms with Crippen LogP contribution < -0.4 is 17.0 Å². The lowest BCUT2D eigenvalue weighted by Gasteiger charge is -2.06. The Labute approximate surface area is 76.0 Å². The number of amides is 1. The number of nitrogens with one attached hydrogen (secondary N) is 1. The minimum Gasteiger partial charge on any atom is -0.465 e. The molecule has 0 aliphatic heterocycles. The molecule has 1 heterocycles. The quantitative estimate of drug-likeness (QED) is 0.348. The van der Waals surface area contributed by atoms with Gasteiger partial charge in [-0.25, -0.2) is 5.84 Å². The van der Waals surface area contributed by atoms with Gasteiger partial charge >= 0.3 is 0 Å². The molecule has 0 aromatic carbocycles. The number of hydrogen-bond acceptors (Lipinski definition) is 4. The van der Waals surface area contributed by atoms with E-state index in [9.17, 15) is 4.79 Å². The van der Waals surface area contributed by atoms with Gasteiger partial charge in [0.05, 0.1) is 12.5 Å². The van der Waals surface area contributed by atoms with Gasteiger partial charge in [0.1, 0.15) is 11.5 Å². The normalized spacial score (nSPS) is 12.5. The van der Waals surface area contributed by atoms with E-state index in [0.29, 0.717) is 5.76 Å². The van der Waals surface area contributed by atoms with Gasteiger partial charge in [0.15, 0.2) is 0 Å². The summed E-state index contributed by atoms with van der Waals surface area (Å²) in [6.45, 7) is 1.82. The molecule has 0 spiro atoms. The van der Waals surface area contributed by atoms with Gasteiger partial charge in [-0.15, -0.1) is 0 Å². The molecule has 1 aromatic rings. The van der Waals surface area contributed by atoms with E-state index in [4.69, 9.17) is 16.0 Å². The molecule has 0 saturated carbocycles. The second-order valence-corrected chi connectivity index (χ2v) is 2.83. The van der Waals surface area contributed by atoms with E-state index in [1.54, 1.807) is 12.1 Å². The third-order valence-electron chi connectivity index (χ3n) is 1.69. The van der Waals surface area contributed by atoms with E-state index in [1.165, 1.54) is 0 Å². The average molecular weight is 183 g/mol. The van der Waals surface area contributed by atoms with Crippen molar-refractivity contribution in [1.29, 1.82) is 0 Å². The Kier molecular flexibility index (Phi) is 3.05. The molecule has 72 valence electrons. The van der Waals surface area contributed by atoms with Crippen molar-refractivity contribution < 1.29 is 9.21 Å². The summed E-state index contributed by atoms with van der Waals surface area (Å²) in [5.41, 5.74) is 7.69. The van der Waals surface area contributed by atoms with Gasteiger partial charge < -0.3 is 10.2 Å². The van der Waals surface area contributed by atoms with E-state index >= 15 is 0 Å². The molecule has 0 aliphatic rings. The summed E-state index contributed by atoms with van der Waals surface area (Å²) >= 11 is 0. The average Bonchev–Trinajstić information content (AvgIpc) is 2.51. The molecule has 0 fully saturated rings. The van der Waals surface area contributed by atoms with E-state index in [2.05, 4.69) is 0 Å². The summed E-state index contributed by atoms with van der Waals surface area (Å²) in [6.07, 6.45) is 0.128. The lowest BCUT2D eigenvalue weighted by atomic mass is 10.1. The number of rotatable bonds is 3. The molecule has 1 amide bonds. The van der Waals surface area contributed by atoms with Gasteiger partial charge in [-0.1, -0.05) is 0 Å². The highest BCUT2D eigenvalue weighted by atomic mass is 16.3. The van der Waals surface area contributed by atoms with Gasteiger partial charge in [-0.05, 0) is 19.1 Å². The number of furan rings is 1. The smallest absolute Gasteiger partial charge is 0.235 e. The van der Waals surface area contributed by atoms with Crippen molar-refractivity contribution >= 4 is 5.91 Å². The largest absolute Gasteiger partial charge is 0.465 e. The van der Waals surface area contributed by atoms with Gasteiger partial charge in [0.2, 0.25) is 5.91 Å². The maximum Gasteiger partial charge on any atom is 0.235 e. The Morgan fingerprint density at radius 3 is 2.85 bits per heavy atom. The molecular formula is C8H13N3O2. The van der Waals surface area contributed by atoms with Crippen molar-refractivity contribution in [3.63, 3.8) is 0 Å². The summed E-state index contributed by atoms with van der Waals surface area (Å²) in [6, 6.07) is 3.12. The van der Waals surface area contributed by atoms with Crippen LogP contribution in [-0.2, 0) is 4.79 Å². The zero-order valence-corrected chi connectivity index (χ0v) is 7.41. The van der Waals surface area contributed by atoms with Crippen molar-refractivity contribution in [2.45, 2.75) is 19.4 Å². The predicted octanol–water partition coefficient (Wildman–Crippen LogP) is -0.0322. The van der Waals surface area contributed by atoms with E-state index in [-0.39, 0.29) is 12.3 Å². The van der Waals surface area contributed by atoms with Crippen LogP contribution >= 0.6 is 0 Å². The second kappa shape index (κ2) is 4.06. The lowest BCUT2D eigenvalue weighted by molar-refractivity contribution is -0.121. The molecule has 1 aromatic heterocycles. The Hall–Kier alpha value is -1.33. The molecule has 0 bridgehead atoms. The first-order chi connectivity index (χ1) is 6.13. The van der Waals surface area contributed by atoms with Crippen LogP contribution in [0.3, 0.4) is 0 Å². The molecule has 1 unspecified atom stereocenters. The minimum atomic E-state index is -0.433. The van der Waals surface area contributed by atoms with E-state index < -0.39 is 6.04 Å². The summed E-state index contributed by atoms with van der Waals surface area (Å²) in [5, 5.41) is 0. The van der Waals surface area contributed by atoms with Crippen molar-refractivity contribution in [3.05, 3.63) is 23.7 Å². The minimum absolute atomic E-state index is 0.128. The molecule has 1 rings (SSSR count). The fourth-order valence-electron chi connectivity index (χ4n) is 1.01. The molecule has 0 radical (unpaired) electrons. The molecular weight excluding hydrogens is 170 g/mol. The Morgan fingerprint density at radius 1 is 1.69 bits per heavy atom. The summed E-state index contributed by atoms with van der Waals surface area (Å²) in [4.78, 5) is 10.8. The first kappa shape index (κ1) is 9.76. The molecule has 1 atom stereocenters. The van der Waals surface area contributed by atoms with Crippen LogP contribution in [-0.4, -0.2) is 5.91 Å². The fourth-order valence-corrected chi connectivity index (χ4v) is 1.01. The van der Waals surface area contributed by atoms with Crippen LogP contribution in [0.4, 0.5) is 0 Å².